The highest BCUT2D eigenvalue weighted by Gasteiger charge is 2.26. The third-order valence-corrected chi connectivity index (χ3v) is 9.10. The van der Waals surface area contributed by atoms with Gasteiger partial charge in [0.15, 0.2) is 0 Å². The lowest BCUT2D eigenvalue weighted by Crippen LogP contribution is -2.42. The molecule has 1 aliphatic heterocycles. The first-order valence-corrected chi connectivity index (χ1v) is 11.7. The van der Waals surface area contributed by atoms with Gasteiger partial charge in [-0.15, -0.1) is 11.3 Å². The molecule has 2 aromatic rings. The molecule has 7 nitrogen and oxygen atoms in total. The molecule has 0 atom stereocenters. The molecule has 0 aliphatic carbocycles. The van der Waals surface area contributed by atoms with Crippen LogP contribution >= 0.6 is 11.3 Å². The maximum atomic E-state index is 12.6. The molecule has 2 heterocycles. The number of hydrogen-bond acceptors (Lipinski definition) is 5. The van der Waals surface area contributed by atoms with E-state index in [0.717, 1.165) is 21.2 Å². The van der Waals surface area contributed by atoms with E-state index >= 15 is 0 Å². The molecule has 0 amide bonds. The van der Waals surface area contributed by atoms with Gasteiger partial charge in [-0.2, -0.15) is 17.4 Å². The fourth-order valence-corrected chi connectivity index (χ4v) is 6.42. The summed E-state index contributed by atoms with van der Waals surface area (Å²) in [7, 11) is -4.21. The number of nitrogens with zero attached hydrogens (tertiary/aromatic N) is 2. The number of fused-ring (bicyclic) bond motifs is 1. The lowest BCUT2D eigenvalue weighted by Gasteiger charge is -2.28. The maximum absolute atomic E-state index is 12.6. The third kappa shape index (κ3) is 4.00. The first-order valence-electron chi connectivity index (χ1n) is 8.03. The molecule has 1 aromatic heterocycles. The van der Waals surface area contributed by atoms with Crippen molar-refractivity contribution < 1.29 is 16.8 Å². The third-order valence-electron chi connectivity index (χ3n) is 4.24. The Morgan fingerprint density at radius 3 is 2.46 bits per heavy atom. The Kier molecular flexibility index (Phi) is 5.52. The Balaban J connectivity index is 1.67. The van der Waals surface area contributed by atoms with Gasteiger partial charge < -0.3 is 0 Å². The molecule has 0 fully saturated rings. The van der Waals surface area contributed by atoms with Crippen LogP contribution in [0, 0.1) is 0 Å². The second-order valence-corrected chi connectivity index (χ2v) is 11.5. The lowest BCUT2D eigenvalue weighted by molar-refractivity contribution is 0.384. The van der Waals surface area contributed by atoms with Crippen LogP contribution in [-0.2, 0) is 39.7 Å². The molecule has 0 unspecified atom stereocenters. The summed E-state index contributed by atoms with van der Waals surface area (Å²) in [4.78, 5) is 0.645. The summed E-state index contributed by atoms with van der Waals surface area (Å²) in [6.07, 6.45) is 0.682. The number of hydrogen-bond donors (Lipinski definition) is 1. The summed E-state index contributed by atoms with van der Waals surface area (Å²) >= 11 is 1.07. The monoisotopic (exact) mass is 415 g/mol. The lowest BCUT2D eigenvalue weighted by atomic mass is 10.0. The molecular formula is C16H21N3O4S3. The van der Waals surface area contributed by atoms with Gasteiger partial charge in [0.1, 0.15) is 4.21 Å². The minimum Gasteiger partial charge on any atom is -0.206 e. The summed E-state index contributed by atoms with van der Waals surface area (Å²) in [5.41, 5.74) is 2.19. The zero-order valence-electron chi connectivity index (χ0n) is 14.5. The second-order valence-electron chi connectivity index (χ2n) is 6.19. The molecule has 142 valence electrons. The average molecular weight is 416 g/mol. The van der Waals surface area contributed by atoms with Gasteiger partial charge in [-0.3, -0.25) is 0 Å². The van der Waals surface area contributed by atoms with Gasteiger partial charge in [0.2, 0.25) is 0 Å². The zero-order chi connectivity index (χ0) is 18.9. The van der Waals surface area contributed by atoms with Crippen LogP contribution in [0.15, 0.2) is 40.6 Å². The molecule has 0 spiro atoms. The topological polar surface area (TPSA) is 86.8 Å². The van der Waals surface area contributed by atoms with Crippen molar-refractivity contribution in [2.75, 3.05) is 20.6 Å². The van der Waals surface area contributed by atoms with E-state index in [0.29, 0.717) is 24.4 Å². The van der Waals surface area contributed by atoms with Gasteiger partial charge in [-0.05, 0) is 29.7 Å². The standard InChI is InChI=1S/C16H21N3O4S3/c1-18(2)25(20,21)16-8-7-15(24-16)11-17-26(22,23)19-10-9-13-5-3-4-6-14(13)12-19/h3-8,17H,9-12H2,1-2H3. The molecular weight excluding hydrogens is 394 g/mol. The van der Waals surface area contributed by atoms with Crippen LogP contribution in [0.25, 0.3) is 0 Å². The summed E-state index contributed by atoms with van der Waals surface area (Å²) in [5, 5.41) is 0. The van der Waals surface area contributed by atoms with Gasteiger partial charge in [0, 0.05) is 38.6 Å². The Labute approximate surface area is 158 Å². The molecule has 0 bridgehead atoms. The largest absolute Gasteiger partial charge is 0.280 e. The van der Waals surface area contributed by atoms with E-state index in [4.69, 9.17) is 0 Å². The molecule has 1 N–H and O–H groups in total. The molecule has 0 saturated carbocycles. The number of nitrogens with one attached hydrogen (secondary N) is 1. The van der Waals surface area contributed by atoms with Crippen molar-refractivity contribution >= 4 is 31.6 Å². The quantitative estimate of drug-likeness (QED) is 0.772. The molecule has 1 aliphatic rings. The van der Waals surface area contributed by atoms with E-state index in [1.165, 1.54) is 30.0 Å². The minimum absolute atomic E-state index is 0.0636. The zero-order valence-corrected chi connectivity index (χ0v) is 17.0. The van der Waals surface area contributed by atoms with Gasteiger partial charge >= 0.3 is 0 Å². The number of rotatable bonds is 6. The first-order chi connectivity index (χ1) is 12.2. The summed E-state index contributed by atoms with van der Waals surface area (Å²) in [6.45, 7) is 0.835. The van der Waals surface area contributed by atoms with Crippen LogP contribution in [0.4, 0.5) is 0 Å². The molecule has 10 heteroatoms. The highest BCUT2D eigenvalue weighted by atomic mass is 32.2. The summed E-state index contributed by atoms with van der Waals surface area (Å²) in [6, 6.07) is 11.0. The SMILES string of the molecule is CN(C)S(=O)(=O)c1ccc(CNS(=O)(=O)N2CCc3ccccc3C2)s1. The van der Waals surface area contributed by atoms with Gasteiger partial charge in [0.05, 0.1) is 0 Å². The summed E-state index contributed by atoms with van der Waals surface area (Å²) < 4.78 is 54.7. The Morgan fingerprint density at radius 1 is 1.08 bits per heavy atom. The smallest absolute Gasteiger partial charge is 0.206 e. The van der Waals surface area contributed by atoms with Crippen LogP contribution in [0.3, 0.4) is 0 Å². The highest BCUT2D eigenvalue weighted by Crippen LogP contribution is 2.24. The van der Waals surface area contributed by atoms with Crippen molar-refractivity contribution in [3.8, 4) is 0 Å². The maximum Gasteiger partial charge on any atom is 0.280 e. The van der Waals surface area contributed by atoms with Crippen molar-refractivity contribution in [2.24, 2.45) is 0 Å². The Bertz CT molecular complexity index is 997. The average Bonchev–Trinajstić information content (AvgIpc) is 3.09. The van der Waals surface area contributed by atoms with Crippen LogP contribution < -0.4 is 4.72 Å². The number of thiophene rings is 1. The van der Waals surface area contributed by atoms with Crippen molar-refractivity contribution in [1.29, 1.82) is 0 Å². The number of sulfonamides is 1. The normalized spacial score (nSPS) is 16.0. The molecule has 1 aromatic carbocycles. The van der Waals surface area contributed by atoms with E-state index in [1.807, 2.05) is 24.3 Å². The van der Waals surface area contributed by atoms with E-state index < -0.39 is 20.2 Å². The summed E-state index contributed by atoms with van der Waals surface area (Å²) in [5.74, 6) is 0. The van der Waals surface area contributed by atoms with E-state index in [-0.39, 0.29) is 10.8 Å². The predicted molar refractivity (Wildman–Crippen MR) is 102 cm³/mol. The Morgan fingerprint density at radius 2 is 1.77 bits per heavy atom. The van der Waals surface area contributed by atoms with E-state index in [9.17, 15) is 16.8 Å². The van der Waals surface area contributed by atoms with E-state index in [2.05, 4.69) is 4.72 Å². The van der Waals surface area contributed by atoms with Gasteiger partial charge in [0.25, 0.3) is 20.2 Å². The van der Waals surface area contributed by atoms with Crippen LogP contribution in [0.5, 0.6) is 0 Å². The highest BCUT2D eigenvalue weighted by molar-refractivity contribution is 7.91. The molecule has 3 rings (SSSR count). The van der Waals surface area contributed by atoms with Gasteiger partial charge in [-0.25, -0.2) is 12.7 Å². The van der Waals surface area contributed by atoms with E-state index in [1.54, 1.807) is 6.07 Å². The van der Waals surface area contributed by atoms with Crippen LogP contribution in [0.2, 0.25) is 0 Å². The van der Waals surface area contributed by atoms with Crippen LogP contribution in [-0.4, -0.2) is 46.1 Å². The molecule has 26 heavy (non-hydrogen) atoms. The molecule has 0 saturated heterocycles. The van der Waals surface area contributed by atoms with Crippen molar-refractivity contribution in [3.05, 3.63) is 52.4 Å². The predicted octanol–water partition coefficient (Wildman–Crippen LogP) is 1.39. The number of benzene rings is 1. The molecule has 0 radical (unpaired) electrons. The fraction of sp³-hybridized carbons (Fsp3) is 0.375. The second kappa shape index (κ2) is 7.37. The van der Waals surface area contributed by atoms with Crippen molar-refractivity contribution in [2.45, 2.75) is 23.7 Å². The van der Waals surface area contributed by atoms with Gasteiger partial charge in [-0.1, -0.05) is 24.3 Å². The fourth-order valence-electron chi connectivity index (χ4n) is 2.70. The van der Waals surface area contributed by atoms with Crippen molar-refractivity contribution in [3.63, 3.8) is 0 Å². The van der Waals surface area contributed by atoms with Crippen LogP contribution in [0.1, 0.15) is 16.0 Å². The Hall–Kier alpha value is -1.30. The van der Waals surface area contributed by atoms with Crippen molar-refractivity contribution in [1.82, 2.24) is 13.3 Å². The minimum atomic E-state index is -3.64. The first kappa shape index (κ1) is 19.5.